The van der Waals surface area contributed by atoms with E-state index in [9.17, 15) is 19.4 Å². The molecule has 0 radical (unpaired) electrons. The summed E-state index contributed by atoms with van der Waals surface area (Å²) in [4.78, 5) is 21.1. The van der Waals surface area contributed by atoms with Crippen molar-refractivity contribution in [3.8, 4) is 11.3 Å². The van der Waals surface area contributed by atoms with Crippen molar-refractivity contribution in [3.05, 3.63) is 70.9 Å². The lowest BCUT2D eigenvalue weighted by molar-refractivity contribution is 0.0880. The van der Waals surface area contributed by atoms with Crippen molar-refractivity contribution < 1.29 is 19.4 Å². The third-order valence-electron chi connectivity index (χ3n) is 4.87. The quantitative estimate of drug-likeness (QED) is 0.371. The van der Waals surface area contributed by atoms with Crippen LogP contribution in [0.4, 0.5) is 15.8 Å². The fourth-order valence-electron chi connectivity index (χ4n) is 3.12. The normalized spacial score (nSPS) is 10.8. The van der Waals surface area contributed by atoms with Crippen LogP contribution in [0.15, 0.2) is 48.9 Å². The lowest BCUT2D eigenvalue weighted by Gasteiger charge is -2.19. The van der Waals surface area contributed by atoms with E-state index >= 15 is 0 Å². The Morgan fingerprint density at radius 1 is 1.12 bits per heavy atom. The summed E-state index contributed by atoms with van der Waals surface area (Å²) in [5.41, 5.74) is 2.84. The molecule has 0 unspecified atom stereocenters. The van der Waals surface area contributed by atoms with E-state index in [1.807, 2.05) is 13.8 Å². The molecule has 10 heteroatoms. The molecule has 0 atom stereocenters. The molecule has 7 nitrogen and oxygen atoms in total. The molecule has 3 aromatic rings. The van der Waals surface area contributed by atoms with Crippen LogP contribution in [0.2, 0.25) is 5.02 Å². The van der Waals surface area contributed by atoms with Crippen molar-refractivity contribution in [1.29, 1.82) is 0 Å². The van der Waals surface area contributed by atoms with Gasteiger partial charge in [0.25, 0.3) is 5.91 Å². The van der Waals surface area contributed by atoms with Gasteiger partial charge in [0.05, 0.1) is 36.2 Å². The van der Waals surface area contributed by atoms with Crippen LogP contribution in [0.1, 0.15) is 35.7 Å². The molecule has 2 heterocycles. The number of halogens is 3. The van der Waals surface area contributed by atoms with Crippen molar-refractivity contribution in [3.63, 3.8) is 0 Å². The third kappa shape index (κ3) is 6.39. The Morgan fingerprint density at radius 2 is 1.85 bits per heavy atom. The van der Waals surface area contributed by atoms with Crippen LogP contribution in [0.5, 0.6) is 0 Å². The van der Waals surface area contributed by atoms with Crippen molar-refractivity contribution in [1.82, 2.24) is 15.3 Å². The highest BCUT2D eigenvalue weighted by Crippen LogP contribution is 2.33. The molecular weight excluding hydrogens is 470 g/mol. The highest BCUT2D eigenvalue weighted by molar-refractivity contribution is 6.30. The van der Waals surface area contributed by atoms with E-state index in [1.54, 1.807) is 18.3 Å². The number of aliphatic hydroxyl groups is 2. The molecule has 3 rings (SSSR count). The molecule has 33 heavy (non-hydrogen) atoms. The van der Waals surface area contributed by atoms with Gasteiger partial charge in [0.1, 0.15) is 5.82 Å². The molecule has 1 amide bonds. The van der Waals surface area contributed by atoms with Crippen molar-refractivity contribution in [2.24, 2.45) is 0 Å². The Balaban J connectivity index is 0.00000385. The van der Waals surface area contributed by atoms with Gasteiger partial charge in [-0.25, -0.2) is 4.39 Å². The average molecular weight is 495 g/mol. The first-order valence-electron chi connectivity index (χ1n) is 10.0. The van der Waals surface area contributed by atoms with E-state index in [0.29, 0.717) is 22.1 Å². The van der Waals surface area contributed by atoms with Crippen LogP contribution >= 0.6 is 24.0 Å². The number of pyridine rings is 2. The number of benzene rings is 1. The minimum atomic E-state index is -0.792. The second-order valence-electron chi connectivity index (χ2n) is 7.52. The van der Waals surface area contributed by atoms with Gasteiger partial charge in [0.15, 0.2) is 0 Å². The van der Waals surface area contributed by atoms with Gasteiger partial charge in [0.2, 0.25) is 0 Å². The van der Waals surface area contributed by atoms with E-state index in [2.05, 4.69) is 20.6 Å². The molecule has 0 saturated carbocycles. The minimum Gasteiger partial charge on any atom is -0.394 e. The van der Waals surface area contributed by atoms with Gasteiger partial charge in [-0.3, -0.25) is 14.8 Å². The highest BCUT2D eigenvalue weighted by Gasteiger charge is 2.18. The maximum atomic E-state index is 14.4. The number of carbonyl (C=O) groups excluding carboxylic acids is 1. The van der Waals surface area contributed by atoms with E-state index in [1.165, 1.54) is 30.6 Å². The van der Waals surface area contributed by atoms with Gasteiger partial charge in [-0.1, -0.05) is 25.4 Å². The molecule has 0 bridgehead atoms. The van der Waals surface area contributed by atoms with Crippen LogP contribution in [0.25, 0.3) is 11.3 Å². The smallest absolute Gasteiger partial charge is 0.255 e. The first-order valence-corrected chi connectivity index (χ1v) is 10.4. The number of aromatic nitrogens is 2. The second-order valence-corrected chi connectivity index (χ2v) is 7.95. The third-order valence-corrected chi connectivity index (χ3v) is 5.11. The number of nitrogens with zero attached hydrogens (tertiary/aromatic N) is 2. The molecule has 4 N–H and O–H groups in total. The number of anilines is 2. The van der Waals surface area contributed by atoms with E-state index in [-0.39, 0.29) is 29.5 Å². The van der Waals surface area contributed by atoms with Crippen LogP contribution < -0.4 is 10.6 Å². The van der Waals surface area contributed by atoms with E-state index in [0.717, 1.165) is 5.56 Å². The summed E-state index contributed by atoms with van der Waals surface area (Å²) in [5.74, 6) is -0.862. The fourth-order valence-corrected chi connectivity index (χ4v) is 3.29. The van der Waals surface area contributed by atoms with Gasteiger partial charge >= 0.3 is 0 Å². The summed E-state index contributed by atoms with van der Waals surface area (Å²) in [5, 5.41) is 24.7. The van der Waals surface area contributed by atoms with Crippen LogP contribution in [0, 0.1) is 5.82 Å². The molecule has 1 aromatic carbocycles. The Kier molecular flexibility index (Phi) is 9.55. The summed E-state index contributed by atoms with van der Waals surface area (Å²) in [7, 11) is 0. The SMILES string of the molecule is CC(C)c1cnc(-c2cc(Cl)ccc2F)cc1Nc1ccncc1C(=O)NC(CO)CO.Cl. The first kappa shape index (κ1) is 26.5. The fraction of sp³-hybridized carbons (Fsp3) is 0.261. The van der Waals surface area contributed by atoms with Crippen molar-refractivity contribution in [2.45, 2.75) is 25.8 Å². The van der Waals surface area contributed by atoms with Gasteiger partial charge in [0, 0.05) is 34.9 Å². The zero-order chi connectivity index (χ0) is 23.3. The van der Waals surface area contributed by atoms with Crippen LogP contribution in [-0.4, -0.2) is 45.3 Å². The summed E-state index contributed by atoms with van der Waals surface area (Å²) in [6.07, 6.45) is 4.58. The number of hydrogen-bond donors (Lipinski definition) is 4. The maximum Gasteiger partial charge on any atom is 0.255 e. The monoisotopic (exact) mass is 494 g/mol. The lowest BCUT2D eigenvalue weighted by Crippen LogP contribution is -2.40. The number of carbonyl (C=O) groups is 1. The van der Waals surface area contributed by atoms with E-state index in [4.69, 9.17) is 11.6 Å². The van der Waals surface area contributed by atoms with Crippen molar-refractivity contribution >= 4 is 41.3 Å². The summed E-state index contributed by atoms with van der Waals surface area (Å²) in [6, 6.07) is 6.80. The topological polar surface area (TPSA) is 107 Å². The van der Waals surface area contributed by atoms with E-state index < -0.39 is 31.0 Å². The Hall–Kier alpha value is -2.78. The number of nitrogens with one attached hydrogen (secondary N) is 2. The zero-order valence-corrected chi connectivity index (χ0v) is 19.6. The number of hydrogen-bond acceptors (Lipinski definition) is 6. The molecule has 0 aliphatic carbocycles. The molecule has 0 aliphatic heterocycles. The van der Waals surface area contributed by atoms with Gasteiger partial charge in [-0.2, -0.15) is 0 Å². The van der Waals surface area contributed by atoms with Crippen LogP contribution in [0.3, 0.4) is 0 Å². The second kappa shape index (κ2) is 11.9. The Bertz CT molecular complexity index is 1110. The summed E-state index contributed by atoms with van der Waals surface area (Å²) in [6.45, 7) is 3.19. The number of rotatable bonds is 8. The molecule has 0 spiro atoms. The first-order chi connectivity index (χ1) is 15.3. The predicted octanol–water partition coefficient (Wildman–Crippen LogP) is 4.31. The molecule has 0 aliphatic rings. The zero-order valence-electron chi connectivity index (χ0n) is 18.0. The van der Waals surface area contributed by atoms with Gasteiger partial charge < -0.3 is 20.8 Å². The minimum absolute atomic E-state index is 0. The molecule has 0 fully saturated rings. The Labute approximate surface area is 202 Å². The van der Waals surface area contributed by atoms with Gasteiger partial charge in [-0.05, 0) is 41.8 Å². The number of amides is 1. The standard InChI is InChI=1S/C23H24ClFN4O3.ClH/c1-13(2)17-10-27-21(16-7-14(24)3-4-19(16)25)8-22(17)29-20-5-6-26-9-18(20)23(32)28-15(11-30)12-31;/h3-10,13,15,30-31H,11-12H2,1-2H3,(H,28,32)(H,26,27,29);1H. The summed E-state index contributed by atoms with van der Waals surface area (Å²) >= 11 is 6.04. The molecule has 0 saturated heterocycles. The maximum absolute atomic E-state index is 14.4. The predicted molar refractivity (Wildman–Crippen MR) is 129 cm³/mol. The van der Waals surface area contributed by atoms with Crippen molar-refractivity contribution in [2.75, 3.05) is 18.5 Å². The molecular formula is C23H25Cl2FN4O3. The largest absolute Gasteiger partial charge is 0.394 e. The average Bonchev–Trinajstić information content (AvgIpc) is 2.79. The lowest BCUT2D eigenvalue weighted by atomic mass is 10.0. The number of aliphatic hydroxyl groups excluding tert-OH is 2. The molecule has 2 aromatic heterocycles. The molecule has 176 valence electrons. The summed E-state index contributed by atoms with van der Waals surface area (Å²) < 4.78 is 14.4. The highest BCUT2D eigenvalue weighted by atomic mass is 35.5. The van der Waals surface area contributed by atoms with Crippen LogP contribution in [-0.2, 0) is 0 Å². The van der Waals surface area contributed by atoms with Gasteiger partial charge in [-0.15, -0.1) is 12.4 Å². The Morgan fingerprint density at radius 3 is 2.52 bits per heavy atom.